The number of hydrogen-bond donors (Lipinski definition) is 1. The number of amides is 2. The molecular formula is C21H20ClN3O3S. The number of hydrogen-bond acceptors (Lipinski definition) is 5. The second-order valence-electron chi connectivity index (χ2n) is 6.52. The minimum Gasteiger partial charge on any atom is -0.487 e. The Morgan fingerprint density at radius 2 is 1.97 bits per heavy atom. The quantitative estimate of drug-likeness (QED) is 0.619. The zero-order chi connectivity index (χ0) is 21.0. The van der Waals surface area contributed by atoms with Gasteiger partial charge in [0.15, 0.2) is 0 Å². The summed E-state index contributed by atoms with van der Waals surface area (Å²) in [6, 6.07) is 11.6. The molecule has 0 saturated heterocycles. The average Bonchev–Trinajstić information content (AvgIpc) is 3.13. The highest BCUT2D eigenvalue weighted by molar-refractivity contribution is 7.09. The Morgan fingerprint density at radius 3 is 2.66 bits per heavy atom. The van der Waals surface area contributed by atoms with Gasteiger partial charge in [0.05, 0.1) is 21.4 Å². The first-order valence-electron chi connectivity index (χ1n) is 8.80. The first-order chi connectivity index (χ1) is 13.8. The van der Waals surface area contributed by atoms with E-state index in [1.807, 2.05) is 12.3 Å². The Hall–Kier alpha value is -2.90. The molecule has 0 aliphatic heterocycles. The molecule has 0 atom stereocenters. The van der Waals surface area contributed by atoms with Crippen LogP contribution in [0.25, 0.3) is 0 Å². The number of carbonyl (C=O) groups is 2. The molecule has 1 aromatic heterocycles. The molecule has 8 heteroatoms. The van der Waals surface area contributed by atoms with Crippen LogP contribution < -0.4 is 10.1 Å². The zero-order valence-corrected chi connectivity index (χ0v) is 17.8. The molecule has 1 N–H and O–H groups in total. The van der Waals surface area contributed by atoms with E-state index >= 15 is 0 Å². The molecule has 0 saturated carbocycles. The predicted molar refractivity (Wildman–Crippen MR) is 115 cm³/mol. The summed E-state index contributed by atoms with van der Waals surface area (Å²) in [6.07, 6.45) is 0. The average molecular weight is 430 g/mol. The van der Waals surface area contributed by atoms with E-state index in [2.05, 4.69) is 10.3 Å². The monoisotopic (exact) mass is 429 g/mol. The van der Waals surface area contributed by atoms with E-state index in [1.165, 1.54) is 4.90 Å². The molecule has 1 heterocycles. The fraction of sp³-hybridized carbons (Fsp3) is 0.190. The first-order valence-corrected chi connectivity index (χ1v) is 10.1. The summed E-state index contributed by atoms with van der Waals surface area (Å²) in [5, 5.41) is 6.02. The molecule has 3 aromatic rings. The van der Waals surface area contributed by atoms with Gasteiger partial charge in [-0.15, -0.1) is 11.3 Å². The molecule has 0 aliphatic rings. The SMILES string of the molecule is Cc1nc(COc2cccc(C(=O)Nc3cc(C(=O)N(C)C)ccc3Cl)c2)cs1. The van der Waals surface area contributed by atoms with Gasteiger partial charge in [0.2, 0.25) is 0 Å². The minimum atomic E-state index is -0.351. The van der Waals surface area contributed by atoms with E-state index in [9.17, 15) is 9.59 Å². The highest BCUT2D eigenvalue weighted by Gasteiger charge is 2.14. The third-order valence-corrected chi connectivity index (χ3v) is 5.17. The number of nitrogens with one attached hydrogen (secondary N) is 1. The van der Waals surface area contributed by atoms with Crippen LogP contribution in [0, 0.1) is 6.92 Å². The number of rotatable bonds is 6. The molecule has 0 aliphatic carbocycles. The van der Waals surface area contributed by atoms with Crippen molar-refractivity contribution in [3.8, 4) is 5.75 Å². The van der Waals surface area contributed by atoms with Crippen molar-refractivity contribution in [2.24, 2.45) is 0 Å². The maximum atomic E-state index is 12.7. The fourth-order valence-corrected chi connectivity index (χ4v) is 3.33. The van der Waals surface area contributed by atoms with Crippen LogP contribution in [0.5, 0.6) is 5.75 Å². The van der Waals surface area contributed by atoms with Crippen LogP contribution in [0.4, 0.5) is 5.69 Å². The Labute approximate surface area is 178 Å². The molecule has 0 fully saturated rings. The summed E-state index contributed by atoms with van der Waals surface area (Å²) < 4.78 is 5.74. The van der Waals surface area contributed by atoms with Gasteiger partial charge in [0, 0.05) is 30.6 Å². The zero-order valence-electron chi connectivity index (χ0n) is 16.2. The first kappa shape index (κ1) is 20.8. The number of carbonyl (C=O) groups excluding carboxylic acids is 2. The lowest BCUT2D eigenvalue weighted by molar-refractivity contribution is 0.0827. The predicted octanol–water partition coefficient (Wildman–Crippen LogP) is 4.64. The molecule has 6 nitrogen and oxygen atoms in total. The standard InChI is InChI=1S/C21H20ClN3O3S/c1-13-23-16(12-29-13)11-28-17-6-4-5-14(9-17)20(26)24-19-10-15(7-8-18(19)22)21(27)25(2)3/h4-10,12H,11H2,1-3H3,(H,24,26). The lowest BCUT2D eigenvalue weighted by Crippen LogP contribution is -2.22. The van der Waals surface area contributed by atoms with Gasteiger partial charge in [0.1, 0.15) is 12.4 Å². The van der Waals surface area contributed by atoms with Crippen molar-refractivity contribution in [2.45, 2.75) is 13.5 Å². The van der Waals surface area contributed by atoms with Crippen molar-refractivity contribution in [3.05, 3.63) is 74.7 Å². The maximum absolute atomic E-state index is 12.7. The van der Waals surface area contributed by atoms with Crippen LogP contribution >= 0.6 is 22.9 Å². The second-order valence-corrected chi connectivity index (χ2v) is 7.99. The normalized spacial score (nSPS) is 10.5. The van der Waals surface area contributed by atoms with Crippen molar-refractivity contribution >= 4 is 40.4 Å². The highest BCUT2D eigenvalue weighted by atomic mass is 35.5. The van der Waals surface area contributed by atoms with Crippen LogP contribution in [-0.2, 0) is 6.61 Å². The fourth-order valence-electron chi connectivity index (χ4n) is 2.57. The topological polar surface area (TPSA) is 71.5 Å². The largest absolute Gasteiger partial charge is 0.487 e. The summed E-state index contributed by atoms with van der Waals surface area (Å²) in [5.74, 6) is 0.0343. The number of halogens is 1. The summed E-state index contributed by atoms with van der Waals surface area (Å²) in [7, 11) is 3.32. The maximum Gasteiger partial charge on any atom is 0.255 e. The van der Waals surface area contributed by atoms with Crippen LogP contribution in [0.2, 0.25) is 5.02 Å². The number of anilines is 1. The molecule has 0 spiro atoms. The Morgan fingerprint density at radius 1 is 1.17 bits per heavy atom. The smallest absolute Gasteiger partial charge is 0.255 e. The van der Waals surface area contributed by atoms with E-state index in [-0.39, 0.29) is 11.8 Å². The van der Waals surface area contributed by atoms with Gasteiger partial charge in [-0.1, -0.05) is 17.7 Å². The van der Waals surface area contributed by atoms with Crippen LogP contribution in [-0.4, -0.2) is 35.8 Å². The molecule has 29 heavy (non-hydrogen) atoms. The van der Waals surface area contributed by atoms with Gasteiger partial charge in [-0.05, 0) is 43.3 Å². The summed E-state index contributed by atoms with van der Waals surface area (Å²) in [5.41, 5.74) is 2.06. The molecule has 3 rings (SSSR count). The number of aryl methyl sites for hydroxylation is 1. The number of aromatic nitrogens is 1. The van der Waals surface area contributed by atoms with Crippen molar-refractivity contribution in [1.82, 2.24) is 9.88 Å². The van der Waals surface area contributed by atoms with Gasteiger partial charge in [-0.25, -0.2) is 4.98 Å². The molecule has 2 amide bonds. The lowest BCUT2D eigenvalue weighted by Gasteiger charge is -2.13. The van der Waals surface area contributed by atoms with Gasteiger partial charge < -0.3 is 15.0 Å². The summed E-state index contributed by atoms with van der Waals surface area (Å²) in [4.78, 5) is 30.6. The van der Waals surface area contributed by atoms with Gasteiger partial charge in [-0.3, -0.25) is 9.59 Å². The summed E-state index contributed by atoms with van der Waals surface area (Å²) >= 11 is 7.75. The number of benzene rings is 2. The van der Waals surface area contributed by atoms with E-state index < -0.39 is 0 Å². The Bertz CT molecular complexity index is 1050. The van der Waals surface area contributed by atoms with Gasteiger partial charge in [0.25, 0.3) is 11.8 Å². The third-order valence-electron chi connectivity index (χ3n) is 4.02. The molecule has 0 unspecified atom stereocenters. The molecular weight excluding hydrogens is 410 g/mol. The number of thiazole rings is 1. The molecule has 2 aromatic carbocycles. The van der Waals surface area contributed by atoms with Crippen molar-refractivity contribution in [2.75, 3.05) is 19.4 Å². The second kappa shape index (κ2) is 9.07. The van der Waals surface area contributed by atoms with Crippen molar-refractivity contribution in [1.29, 1.82) is 0 Å². The highest BCUT2D eigenvalue weighted by Crippen LogP contribution is 2.25. The molecule has 150 valence electrons. The van der Waals surface area contributed by atoms with Gasteiger partial charge >= 0.3 is 0 Å². The van der Waals surface area contributed by atoms with E-state index in [0.717, 1.165) is 10.7 Å². The van der Waals surface area contributed by atoms with Crippen molar-refractivity contribution < 1.29 is 14.3 Å². The van der Waals surface area contributed by atoms with Crippen LogP contribution in [0.3, 0.4) is 0 Å². The number of nitrogens with zero attached hydrogens (tertiary/aromatic N) is 2. The van der Waals surface area contributed by atoms with Crippen molar-refractivity contribution in [3.63, 3.8) is 0 Å². The Kier molecular flexibility index (Phi) is 6.51. The summed E-state index contributed by atoms with van der Waals surface area (Å²) in [6.45, 7) is 2.27. The molecule has 0 bridgehead atoms. The van der Waals surface area contributed by atoms with Crippen LogP contribution in [0.15, 0.2) is 47.8 Å². The Balaban J connectivity index is 1.72. The van der Waals surface area contributed by atoms with Gasteiger partial charge in [-0.2, -0.15) is 0 Å². The number of ether oxygens (including phenoxy) is 1. The third kappa shape index (κ3) is 5.34. The minimum absolute atomic E-state index is 0.176. The van der Waals surface area contributed by atoms with Crippen LogP contribution in [0.1, 0.15) is 31.4 Å². The lowest BCUT2D eigenvalue weighted by atomic mass is 10.1. The van der Waals surface area contributed by atoms with E-state index in [4.69, 9.17) is 16.3 Å². The van der Waals surface area contributed by atoms with E-state index in [0.29, 0.717) is 34.2 Å². The molecule has 0 radical (unpaired) electrons. The van der Waals surface area contributed by atoms with E-state index in [1.54, 1.807) is 67.9 Å².